The average Bonchev–Trinajstić information content (AvgIpc) is 3.01. The molecular formula is C19H15NO2. The van der Waals surface area contributed by atoms with E-state index >= 15 is 0 Å². The third-order valence-corrected chi connectivity index (χ3v) is 4.28. The van der Waals surface area contributed by atoms with E-state index in [1.54, 1.807) is 6.07 Å². The largest absolute Gasteiger partial charge is 0.478 e. The first kappa shape index (κ1) is 12.9. The zero-order chi connectivity index (χ0) is 15.1. The number of benzene rings is 3. The lowest BCUT2D eigenvalue weighted by Gasteiger charge is -2.11. The maximum absolute atomic E-state index is 11.4. The number of fused-ring (bicyclic) bond motifs is 2. The van der Waals surface area contributed by atoms with Crippen LogP contribution in [0.25, 0.3) is 21.9 Å². The van der Waals surface area contributed by atoms with Crippen LogP contribution in [0.4, 0.5) is 5.69 Å². The van der Waals surface area contributed by atoms with Crippen molar-refractivity contribution in [1.82, 2.24) is 0 Å². The van der Waals surface area contributed by atoms with Crippen LogP contribution in [0, 0.1) is 0 Å². The van der Waals surface area contributed by atoms with Crippen molar-refractivity contribution >= 4 is 22.4 Å². The molecule has 0 spiro atoms. The van der Waals surface area contributed by atoms with Gasteiger partial charge < -0.3 is 10.4 Å². The van der Waals surface area contributed by atoms with Crippen molar-refractivity contribution in [2.24, 2.45) is 0 Å². The number of carboxylic acid groups (broad SMARTS) is 1. The Morgan fingerprint density at radius 3 is 2.64 bits per heavy atom. The van der Waals surface area contributed by atoms with Crippen molar-refractivity contribution in [2.45, 2.75) is 6.42 Å². The van der Waals surface area contributed by atoms with Gasteiger partial charge in [-0.05, 0) is 52.1 Å². The summed E-state index contributed by atoms with van der Waals surface area (Å²) >= 11 is 0. The maximum Gasteiger partial charge on any atom is 0.336 e. The monoisotopic (exact) mass is 289 g/mol. The molecule has 108 valence electrons. The molecule has 0 saturated carbocycles. The minimum absolute atomic E-state index is 0.349. The van der Waals surface area contributed by atoms with Crippen molar-refractivity contribution < 1.29 is 9.90 Å². The Hall–Kier alpha value is -2.81. The number of anilines is 1. The smallest absolute Gasteiger partial charge is 0.336 e. The molecule has 1 aliphatic rings. The highest BCUT2D eigenvalue weighted by molar-refractivity contribution is 6.08. The van der Waals surface area contributed by atoms with Gasteiger partial charge in [-0.1, -0.05) is 36.4 Å². The first-order valence-electron chi connectivity index (χ1n) is 7.36. The first-order valence-corrected chi connectivity index (χ1v) is 7.36. The van der Waals surface area contributed by atoms with E-state index in [1.807, 2.05) is 30.3 Å². The first-order chi connectivity index (χ1) is 10.7. The number of rotatable bonds is 2. The van der Waals surface area contributed by atoms with Gasteiger partial charge in [0.15, 0.2) is 0 Å². The Morgan fingerprint density at radius 1 is 1.00 bits per heavy atom. The van der Waals surface area contributed by atoms with E-state index in [0.29, 0.717) is 5.56 Å². The molecule has 4 rings (SSSR count). The van der Waals surface area contributed by atoms with Crippen LogP contribution in [0.1, 0.15) is 15.9 Å². The van der Waals surface area contributed by atoms with Crippen molar-refractivity contribution in [2.75, 3.05) is 11.9 Å². The molecule has 3 heteroatoms. The number of aromatic carboxylic acids is 1. The molecule has 0 bridgehead atoms. The second kappa shape index (κ2) is 4.88. The van der Waals surface area contributed by atoms with E-state index in [2.05, 4.69) is 23.5 Å². The van der Waals surface area contributed by atoms with E-state index in [9.17, 15) is 9.90 Å². The van der Waals surface area contributed by atoms with Gasteiger partial charge in [-0.3, -0.25) is 0 Å². The van der Waals surface area contributed by atoms with Gasteiger partial charge in [0.1, 0.15) is 0 Å². The Bertz CT molecular complexity index is 899. The summed E-state index contributed by atoms with van der Waals surface area (Å²) in [6, 6.07) is 17.7. The van der Waals surface area contributed by atoms with Crippen molar-refractivity contribution in [3.8, 4) is 11.1 Å². The molecule has 0 atom stereocenters. The molecule has 0 aromatic heterocycles. The van der Waals surface area contributed by atoms with E-state index in [1.165, 1.54) is 11.3 Å². The second-order valence-electron chi connectivity index (χ2n) is 5.56. The van der Waals surface area contributed by atoms with Gasteiger partial charge in [0.05, 0.1) is 5.56 Å². The highest BCUT2D eigenvalue weighted by Gasteiger charge is 2.14. The van der Waals surface area contributed by atoms with Crippen LogP contribution in [-0.4, -0.2) is 17.6 Å². The molecule has 3 nitrogen and oxygen atoms in total. The lowest BCUT2D eigenvalue weighted by atomic mass is 9.94. The van der Waals surface area contributed by atoms with Crippen molar-refractivity contribution in [1.29, 1.82) is 0 Å². The van der Waals surface area contributed by atoms with E-state index in [-0.39, 0.29) is 0 Å². The summed E-state index contributed by atoms with van der Waals surface area (Å²) in [4.78, 5) is 11.4. The summed E-state index contributed by atoms with van der Waals surface area (Å²) in [5.74, 6) is -0.888. The van der Waals surface area contributed by atoms with Gasteiger partial charge in [0, 0.05) is 12.2 Å². The summed E-state index contributed by atoms with van der Waals surface area (Å²) in [7, 11) is 0. The van der Waals surface area contributed by atoms with Gasteiger partial charge in [-0.15, -0.1) is 0 Å². The third kappa shape index (κ3) is 1.94. The zero-order valence-electron chi connectivity index (χ0n) is 12.0. The number of carbonyl (C=O) groups is 1. The minimum atomic E-state index is -0.888. The summed E-state index contributed by atoms with van der Waals surface area (Å²) in [6.07, 6.45) is 1.04. The SMILES string of the molecule is O=C(O)c1ccc(-c2ccc3c(c2)CCN3)c2ccccc12. The van der Waals surface area contributed by atoms with Crippen LogP contribution < -0.4 is 5.32 Å². The maximum atomic E-state index is 11.4. The fourth-order valence-electron chi connectivity index (χ4n) is 3.21. The molecule has 0 saturated heterocycles. The summed E-state index contributed by atoms with van der Waals surface area (Å²) in [6.45, 7) is 0.984. The summed E-state index contributed by atoms with van der Waals surface area (Å²) in [5.41, 5.74) is 5.09. The molecule has 22 heavy (non-hydrogen) atoms. The molecule has 1 aliphatic heterocycles. The number of hydrogen-bond donors (Lipinski definition) is 2. The van der Waals surface area contributed by atoms with Gasteiger partial charge in [-0.2, -0.15) is 0 Å². The molecule has 2 N–H and O–H groups in total. The van der Waals surface area contributed by atoms with Gasteiger partial charge in [-0.25, -0.2) is 4.79 Å². The van der Waals surface area contributed by atoms with Crippen molar-refractivity contribution in [3.05, 3.63) is 65.7 Å². The molecule has 1 heterocycles. The van der Waals surface area contributed by atoms with E-state index in [0.717, 1.165) is 34.9 Å². The highest BCUT2D eigenvalue weighted by atomic mass is 16.4. The fourth-order valence-corrected chi connectivity index (χ4v) is 3.21. The third-order valence-electron chi connectivity index (χ3n) is 4.28. The summed E-state index contributed by atoms with van der Waals surface area (Å²) < 4.78 is 0. The Labute approximate surface area is 128 Å². The number of hydrogen-bond acceptors (Lipinski definition) is 2. The van der Waals surface area contributed by atoms with Crippen LogP contribution in [0.2, 0.25) is 0 Å². The normalized spacial score (nSPS) is 12.9. The molecule has 3 aromatic carbocycles. The molecule has 0 fully saturated rings. The molecule has 0 aliphatic carbocycles. The van der Waals surface area contributed by atoms with Crippen LogP contribution >= 0.6 is 0 Å². The molecule has 0 radical (unpaired) electrons. The Morgan fingerprint density at radius 2 is 1.82 bits per heavy atom. The second-order valence-corrected chi connectivity index (χ2v) is 5.56. The van der Waals surface area contributed by atoms with Crippen LogP contribution in [-0.2, 0) is 6.42 Å². The molecular weight excluding hydrogens is 274 g/mol. The Kier molecular flexibility index (Phi) is 2.86. The predicted octanol–water partition coefficient (Wildman–Crippen LogP) is 4.17. The molecule has 0 unspecified atom stereocenters. The minimum Gasteiger partial charge on any atom is -0.478 e. The van der Waals surface area contributed by atoms with Gasteiger partial charge in [0.25, 0.3) is 0 Å². The van der Waals surface area contributed by atoms with Crippen LogP contribution in [0.3, 0.4) is 0 Å². The van der Waals surface area contributed by atoms with E-state index in [4.69, 9.17) is 0 Å². The van der Waals surface area contributed by atoms with Gasteiger partial charge in [0.2, 0.25) is 0 Å². The Balaban J connectivity index is 1.96. The van der Waals surface area contributed by atoms with E-state index < -0.39 is 5.97 Å². The lowest BCUT2D eigenvalue weighted by Crippen LogP contribution is -1.98. The highest BCUT2D eigenvalue weighted by Crippen LogP contribution is 2.34. The fraction of sp³-hybridized carbons (Fsp3) is 0.105. The van der Waals surface area contributed by atoms with Crippen molar-refractivity contribution in [3.63, 3.8) is 0 Å². The quantitative estimate of drug-likeness (QED) is 0.744. The standard InChI is InChI=1S/C19H15NO2/c21-19(22)17-7-6-14(15-3-1-2-4-16(15)17)12-5-8-18-13(11-12)9-10-20-18/h1-8,11,20H,9-10H2,(H,21,22). The predicted molar refractivity (Wildman–Crippen MR) is 88.5 cm³/mol. The summed E-state index contributed by atoms with van der Waals surface area (Å²) in [5, 5.41) is 14.5. The topological polar surface area (TPSA) is 49.3 Å². The molecule has 0 amide bonds. The molecule has 3 aromatic rings. The van der Waals surface area contributed by atoms with Gasteiger partial charge >= 0.3 is 5.97 Å². The number of nitrogens with one attached hydrogen (secondary N) is 1. The van der Waals surface area contributed by atoms with Crippen LogP contribution in [0.5, 0.6) is 0 Å². The van der Waals surface area contributed by atoms with Crippen LogP contribution in [0.15, 0.2) is 54.6 Å². The number of carboxylic acids is 1. The average molecular weight is 289 g/mol. The lowest BCUT2D eigenvalue weighted by molar-refractivity contribution is 0.0699. The zero-order valence-corrected chi connectivity index (χ0v) is 12.0.